The molecule has 2 aliphatic rings. The van der Waals surface area contributed by atoms with Crippen LogP contribution in [0.4, 0.5) is 4.39 Å². The predicted molar refractivity (Wildman–Crippen MR) is 145 cm³/mol. The van der Waals surface area contributed by atoms with Gasteiger partial charge in [0, 0.05) is 4.88 Å². The summed E-state index contributed by atoms with van der Waals surface area (Å²) < 4.78 is 34.9. The lowest BCUT2D eigenvalue weighted by molar-refractivity contribution is -0.191. The maximum Gasteiger partial charge on any atom is 0.373 e. The summed E-state index contributed by atoms with van der Waals surface area (Å²) in [5, 5.41) is 1.33. The molecule has 7 nitrogen and oxygen atoms in total. The van der Waals surface area contributed by atoms with Crippen molar-refractivity contribution in [1.29, 1.82) is 0 Å². The Morgan fingerprint density at radius 3 is 2.16 bits per heavy atom. The number of esters is 1. The number of benzene rings is 2. The number of thiophene rings is 1. The summed E-state index contributed by atoms with van der Waals surface area (Å²) in [6, 6.07) is 10.2. The lowest BCUT2D eigenvalue weighted by Gasteiger charge is -2.18. The Balaban J connectivity index is 0.000000277. The van der Waals surface area contributed by atoms with Crippen molar-refractivity contribution in [2.24, 2.45) is 0 Å². The number of fused-ring (bicyclic) bond motifs is 4. The average molecular weight is 553 g/mol. The molecular weight excluding hydrogens is 519 g/mol. The molecule has 0 saturated carbocycles. The van der Waals surface area contributed by atoms with Crippen molar-refractivity contribution in [3.8, 4) is 17.2 Å². The monoisotopic (exact) mass is 552 g/mol. The molecule has 0 saturated heterocycles. The summed E-state index contributed by atoms with van der Waals surface area (Å²) in [5.41, 5.74) is 2.31. The van der Waals surface area contributed by atoms with E-state index in [4.69, 9.17) is 23.8 Å². The fourth-order valence-corrected chi connectivity index (χ4v) is 4.79. The van der Waals surface area contributed by atoms with Gasteiger partial charge in [-0.1, -0.05) is 25.6 Å². The normalized spacial score (nSPS) is 12.4. The quantitative estimate of drug-likeness (QED) is 0.316. The van der Waals surface area contributed by atoms with Gasteiger partial charge in [-0.2, -0.15) is 26.6 Å². The Morgan fingerprint density at radius 1 is 1.05 bits per heavy atom. The molecule has 5 rings (SSSR count). The highest BCUT2D eigenvalue weighted by Crippen LogP contribution is 2.38. The first-order valence-corrected chi connectivity index (χ1v) is 12.6. The molecular formula is C27H33FO7S2. The highest BCUT2D eigenvalue weighted by molar-refractivity contribution is 7.81. The zero-order chi connectivity index (χ0) is 26.5. The van der Waals surface area contributed by atoms with Crippen LogP contribution in [0.1, 0.15) is 36.3 Å². The van der Waals surface area contributed by atoms with E-state index in [1.807, 2.05) is 17.4 Å². The Kier molecular flexibility index (Phi) is 14.4. The molecule has 0 fully saturated rings. The van der Waals surface area contributed by atoms with Crippen LogP contribution in [-0.2, 0) is 32.0 Å². The van der Waals surface area contributed by atoms with Gasteiger partial charge in [0.1, 0.15) is 5.75 Å². The van der Waals surface area contributed by atoms with Crippen LogP contribution in [0.25, 0.3) is 10.1 Å². The van der Waals surface area contributed by atoms with Crippen molar-refractivity contribution < 1.29 is 37.7 Å². The number of hydrogen-bond acceptors (Lipinski definition) is 9. The van der Waals surface area contributed by atoms with Crippen LogP contribution in [0.2, 0.25) is 0 Å². The van der Waals surface area contributed by atoms with Crippen molar-refractivity contribution in [2.45, 2.75) is 40.0 Å². The fraction of sp³-hybridized carbons (Fsp3) is 0.407. The summed E-state index contributed by atoms with van der Waals surface area (Å²) in [5.74, 6) is 1.26. The SMILES string of the molecule is C.COC(=O)CS.COc1ccc2c(c1F)OCCC2.Cc1cc2ccc3c(c2s1)OCCC3.O=C=O. The molecule has 0 bridgehead atoms. The van der Waals surface area contributed by atoms with E-state index < -0.39 is 0 Å². The summed E-state index contributed by atoms with van der Waals surface area (Å²) >= 11 is 5.46. The van der Waals surface area contributed by atoms with E-state index in [0.29, 0.717) is 12.4 Å². The van der Waals surface area contributed by atoms with E-state index in [1.165, 1.54) is 41.2 Å². The Hall–Kier alpha value is -3.07. The van der Waals surface area contributed by atoms with Crippen LogP contribution in [-0.4, -0.2) is 45.3 Å². The maximum atomic E-state index is 13.5. The highest BCUT2D eigenvalue weighted by Gasteiger charge is 2.18. The minimum atomic E-state index is -0.375. The third-order valence-corrected chi connectivity index (χ3v) is 6.56. The maximum absolute atomic E-state index is 13.5. The molecule has 0 amide bonds. The fourth-order valence-electron chi connectivity index (χ4n) is 3.63. The summed E-state index contributed by atoms with van der Waals surface area (Å²) in [6.07, 6.45) is 4.42. The number of methoxy groups -OCH3 is 2. The van der Waals surface area contributed by atoms with E-state index in [9.17, 15) is 9.18 Å². The second-order valence-electron chi connectivity index (χ2n) is 7.62. The number of carbonyl (C=O) groups excluding carboxylic acids is 3. The van der Waals surface area contributed by atoms with Gasteiger partial charge in [0.25, 0.3) is 0 Å². The van der Waals surface area contributed by atoms with Crippen LogP contribution in [0.5, 0.6) is 17.2 Å². The van der Waals surface area contributed by atoms with Gasteiger partial charge < -0.3 is 18.9 Å². The van der Waals surface area contributed by atoms with Crippen LogP contribution >= 0.6 is 24.0 Å². The van der Waals surface area contributed by atoms with Crippen LogP contribution in [0.3, 0.4) is 0 Å². The van der Waals surface area contributed by atoms with Crippen molar-refractivity contribution in [3.63, 3.8) is 0 Å². The smallest absolute Gasteiger partial charge is 0.373 e. The zero-order valence-electron chi connectivity index (χ0n) is 20.4. The summed E-state index contributed by atoms with van der Waals surface area (Å²) in [7, 11) is 2.78. The Labute approximate surface area is 226 Å². The number of ether oxygens (including phenoxy) is 4. The Bertz CT molecular complexity index is 1180. The first-order valence-electron chi connectivity index (χ1n) is 11.2. The second kappa shape index (κ2) is 16.6. The zero-order valence-corrected chi connectivity index (χ0v) is 22.1. The molecule has 0 N–H and O–H groups in total. The number of halogens is 1. The average Bonchev–Trinajstić information content (AvgIpc) is 3.30. The first-order chi connectivity index (χ1) is 17.4. The largest absolute Gasteiger partial charge is 0.494 e. The van der Waals surface area contributed by atoms with Gasteiger partial charge in [0.05, 0.1) is 37.9 Å². The van der Waals surface area contributed by atoms with Crippen molar-refractivity contribution in [1.82, 2.24) is 0 Å². The lowest BCUT2D eigenvalue weighted by Crippen LogP contribution is -2.10. The Morgan fingerprint density at radius 2 is 1.62 bits per heavy atom. The molecule has 0 radical (unpaired) electrons. The van der Waals surface area contributed by atoms with Crippen LogP contribution in [0, 0.1) is 12.7 Å². The van der Waals surface area contributed by atoms with Gasteiger partial charge >= 0.3 is 12.1 Å². The van der Waals surface area contributed by atoms with Gasteiger partial charge in [-0.3, -0.25) is 4.79 Å². The van der Waals surface area contributed by atoms with Crippen LogP contribution in [0.15, 0.2) is 30.3 Å². The van der Waals surface area contributed by atoms with Gasteiger partial charge in [-0.25, -0.2) is 0 Å². The molecule has 3 heterocycles. The van der Waals surface area contributed by atoms with Crippen LogP contribution < -0.4 is 14.2 Å². The highest BCUT2D eigenvalue weighted by atomic mass is 32.1. The van der Waals surface area contributed by atoms with Crippen molar-refractivity contribution in [3.05, 3.63) is 52.2 Å². The van der Waals surface area contributed by atoms with Gasteiger partial charge in [0.15, 0.2) is 11.5 Å². The van der Waals surface area contributed by atoms with Crippen molar-refractivity contribution >= 4 is 46.2 Å². The molecule has 202 valence electrons. The number of rotatable bonds is 2. The molecule has 2 aliphatic heterocycles. The van der Waals surface area contributed by atoms with E-state index >= 15 is 0 Å². The standard InChI is InChI=1S/C12H12OS.C10H11FO2.C3H6O2S.CO2.CH4/c1-8-7-10-5-4-9-3-2-6-13-11(9)12(10)14-8;1-12-8-5-4-7-3-2-6-13-10(7)9(8)11;1-5-3(4)2-6;2-1-3;/h4-5,7H,2-3,6H2,1H3;4-5H,2-3,6H2,1H3;6H,2H2,1H3;;1H4. The molecule has 0 spiro atoms. The topological polar surface area (TPSA) is 88.1 Å². The van der Waals surface area contributed by atoms with Gasteiger partial charge in [0.2, 0.25) is 5.82 Å². The predicted octanol–water partition coefficient (Wildman–Crippen LogP) is 5.84. The van der Waals surface area contributed by atoms with E-state index in [1.54, 1.807) is 6.07 Å². The van der Waals surface area contributed by atoms with Crippen molar-refractivity contribution in [2.75, 3.05) is 33.2 Å². The molecule has 3 aromatic rings. The lowest BCUT2D eigenvalue weighted by atomic mass is 10.1. The number of thiol groups is 1. The molecule has 37 heavy (non-hydrogen) atoms. The third kappa shape index (κ3) is 9.07. The third-order valence-electron chi connectivity index (χ3n) is 5.24. The number of aryl methyl sites for hydroxylation is 3. The number of carbonyl (C=O) groups is 1. The van der Waals surface area contributed by atoms with E-state index in [0.717, 1.165) is 37.2 Å². The molecule has 2 aromatic carbocycles. The number of hydrogen-bond donors (Lipinski definition) is 1. The summed E-state index contributed by atoms with van der Waals surface area (Å²) in [4.78, 5) is 27.5. The van der Waals surface area contributed by atoms with Gasteiger partial charge in [-0.05, 0) is 61.3 Å². The molecule has 0 aliphatic carbocycles. The molecule has 10 heteroatoms. The summed E-state index contributed by atoms with van der Waals surface area (Å²) in [6.45, 7) is 3.63. The second-order valence-corrected chi connectivity index (χ2v) is 9.19. The molecule has 0 atom stereocenters. The van der Waals surface area contributed by atoms with E-state index in [-0.39, 0.29) is 36.9 Å². The first kappa shape index (κ1) is 32.0. The molecule has 1 aromatic heterocycles. The van der Waals surface area contributed by atoms with Gasteiger partial charge in [-0.15, -0.1) is 11.3 Å². The minimum absolute atomic E-state index is 0. The minimum Gasteiger partial charge on any atom is -0.494 e. The molecule has 0 unspecified atom stereocenters. The van der Waals surface area contributed by atoms with E-state index in [2.05, 4.69) is 42.5 Å².